The molecule has 0 aliphatic carbocycles. The topological polar surface area (TPSA) is 54.4 Å². The minimum Gasteiger partial charge on any atom is -0.478 e. The van der Waals surface area contributed by atoms with Crippen molar-refractivity contribution >= 4 is 23.5 Å². The van der Waals surface area contributed by atoms with Crippen LogP contribution in [-0.4, -0.2) is 16.9 Å². The van der Waals surface area contributed by atoms with Crippen molar-refractivity contribution in [3.63, 3.8) is 0 Å². The van der Waals surface area contributed by atoms with Crippen LogP contribution in [0.3, 0.4) is 0 Å². The van der Waals surface area contributed by atoms with Crippen LogP contribution in [0.25, 0.3) is 0 Å². The maximum atomic E-state index is 11.7. The van der Waals surface area contributed by atoms with Crippen molar-refractivity contribution in [3.8, 4) is 0 Å². The molecule has 0 unspecified atom stereocenters. The summed E-state index contributed by atoms with van der Waals surface area (Å²) in [5.74, 6) is -1.45. The summed E-state index contributed by atoms with van der Waals surface area (Å²) in [6.45, 7) is 0. The van der Waals surface area contributed by atoms with Gasteiger partial charge in [-0.05, 0) is 42.5 Å². The van der Waals surface area contributed by atoms with Gasteiger partial charge in [0.15, 0.2) is 5.78 Å². The van der Waals surface area contributed by atoms with Gasteiger partial charge in [-0.3, -0.25) is 4.79 Å². The Labute approximate surface area is 120 Å². The molecule has 2 aromatic rings. The van der Waals surface area contributed by atoms with E-state index in [4.69, 9.17) is 5.11 Å². The molecule has 0 saturated heterocycles. The molecule has 0 amide bonds. The van der Waals surface area contributed by atoms with Crippen molar-refractivity contribution in [1.82, 2.24) is 0 Å². The predicted octanol–water partition coefficient (Wildman–Crippen LogP) is 3.66. The number of hydrogen-bond acceptors (Lipinski definition) is 3. The smallest absolute Gasteiger partial charge is 0.328 e. The molecule has 0 saturated carbocycles. The highest BCUT2D eigenvalue weighted by Gasteiger charge is 2.03. The Balaban J connectivity index is 2.07. The van der Waals surface area contributed by atoms with Gasteiger partial charge < -0.3 is 5.11 Å². The van der Waals surface area contributed by atoms with Gasteiger partial charge in [0.25, 0.3) is 0 Å². The van der Waals surface area contributed by atoms with Gasteiger partial charge in [-0.15, -0.1) is 0 Å². The van der Waals surface area contributed by atoms with Crippen LogP contribution < -0.4 is 0 Å². The number of ketones is 1. The summed E-state index contributed by atoms with van der Waals surface area (Å²) < 4.78 is 0. The average molecular weight is 284 g/mol. The molecule has 0 fully saturated rings. The van der Waals surface area contributed by atoms with Crippen molar-refractivity contribution in [2.75, 3.05) is 0 Å². The lowest BCUT2D eigenvalue weighted by molar-refractivity contribution is -0.131. The molecule has 0 bridgehead atoms. The summed E-state index contributed by atoms with van der Waals surface area (Å²) in [6.07, 6.45) is 1.90. The van der Waals surface area contributed by atoms with Crippen LogP contribution in [0.4, 0.5) is 0 Å². The molecule has 0 radical (unpaired) electrons. The lowest BCUT2D eigenvalue weighted by atomic mass is 10.1. The first kappa shape index (κ1) is 14.1. The molecule has 0 spiro atoms. The van der Waals surface area contributed by atoms with Crippen LogP contribution >= 0.6 is 11.8 Å². The first-order valence-electron chi connectivity index (χ1n) is 5.93. The zero-order valence-electron chi connectivity index (χ0n) is 10.5. The molecule has 1 N–H and O–H groups in total. The van der Waals surface area contributed by atoms with E-state index in [-0.39, 0.29) is 5.78 Å². The molecule has 0 aliphatic rings. The molecule has 2 aromatic carbocycles. The maximum absolute atomic E-state index is 11.7. The molecule has 3 nitrogen and oxygen atoms in total. The molecule has 100 valence electrons. The van der Waals surface area contributed by atoms with Gasteiger partial charge in [0.1, 0.15) is 0 Å². The van der Waals surface area contributed by atoms with E-state index in [0.29, 0.717) is 5.56 Å². The van der Waals surface area contributed by atoms with Gasteiger partial charge in [-0.1, -0.05) is 30.0 Å². The van der Waals surface area contributed by atoms with E-state index in [2.05, 4.69) is 0 Å². The lowest BCUT2D eigenvalue weighted by Gasteiger charge is -2.02. The Bertz CT molecular complexity index is 631. The SMILES string of the molecule is O=C(O)C=CC(=O)c1ccc(Sc2ccccc2)cc1. The average Bonchev–Trinajstić information content (AvgIpc) is 2.46. The molecule has 0 aliphatic heterocycles. The second-order valence-corrected chi connectivity index (χ2v) is 5.12. The Kier molecular flexibility index (Phi) is 4.74. The maximum Gasteiger partial charge on any atom is 0.328 e. The van der Waals surface area contributed by atoms with Crippen LogP contribution in [0.1, 0.15) is 10.4 Å². The van der Waals surface area contributed by atoms with Gasteiger partial charge >= 0.3 is 5.97 Å². The Morgan fingerprint density at radius 1 is 0.850 bits per heavy atom. The fourth-order valence-electron chi connectivity index (χ4n) is 1.56. The summed E-state index contributed by atoms with van der Waals surface area (Å²) >= 11 is 1.60. The number of allylic oxidation sites excluding steroid dienone is 1. The number of hydrogen-bond donors (Lipinski definition) is 1. The van der Waals surface area contributed by atoms with Crippen molar-refractivity contribution in [1.29, 1.82) is 0 Å². The minimum atomic E-state index is -1.13. The van der Waals surface area contributed by atoms with Crippen molar-refractivity contribution in [2.45, 2.75) is 9.79 Å². The standard InChI is InChI=1S/C16H12O3S/c17-15(10-11-16(18)19)12-6-8-14(9-7-12)20-13-4-2-1-3-5-13/h1-11H,(H,18,19). The van der Waals surface area contributed by atoms with Crippen LogP contribution in [0, 0.1) is 0 Å². The summed E-state index contributed by atoms with van der Waals surface area (Å²) in [7, 11) is 0. The van der Waals surface area contributed by atoms with Gasteiger partial charge in [-0.25, -0.2) is 4.79 Å². The van der Waals surface area contributed by atoms with Crippen LogP contribution in [0.2, 0.25) is 0 Å². The Hall–Kier alpha value is -2.33. The van der Waals surface area contributed by atoms with E-state index in [1.165, 1.54) is 0 Å². The van der Waals surface area contributed by atoms with Crippen LogP contribution in [-0.2, 0) is 4.79 Å². The second-order valence-electron chi connectivity index (χ2n) is 3.98. The van der Waals surface area contributed by atoms with Crippen molar-refractivity contribution < 1.29 is 14.7 Å². The summed E-state index contributed by atoms with van der Waals surface area (Å²) in [4.78, 5) is 24.2. The molecule has 2 rings (SSSR count). The number of aliphatic carboxylic acids is 1. The Morgan fingerprint density at radius 3 is 2.05 bits per heavy atom. The molecular weight excluding hydrogens is 272 g/mol. The number of rotatable bonds is 5. The van der Waals surface area contributed by atoms with Crippen LogP contribution in [0.5, 0.6) is 0 Å². The molecule has 0 atom stereocenters. The molecule has 4 heteroatoms. The molecule has 0 aromatic heterocycles. The molecule has 0 heterocycles. The van der Waals surface area contributed by atoms with E-state index in [1.807, 2.05) is 42.5 Å². The molecular formula is C16H12O3S. The third-order valence-corrected chi connectivity index (χ3v) is 3.51. The number of carbonyl (C=O) groups excluding carboxylic acids is 1. The highest BCUT2D eigenvalue weighted by Crippen LogP contribution is 2.27. The van der Waals surface area contributed by atoms with Gasteiger partial charge in [-0.2, -0.15) is 0 Å². The second kappa shape index (κ2) is 6.73. The third kappa shape index (κ3) is 4.10. The minimum absolute atomic E-state index is 0.316. The fraction of sp³-hybridized carbons (Fsp3) is 0. The first-order chi connectivity index (χ1) is 9.65. The first-order valence-corrected chi connectivity index (χ1v) is 6.75. The summed E-state index contributed by atoms with van der Waals surface area (Å²) in [6, 6.07) is 17.0. The van der Waals surface area contributed by atoms with E-state index in [9.17, 15) is 9.59 Å². The van der Waals surface area contributed by atoms with Gasteiger partial charge in [0.05, 0.1) is 0 Å². The predicted molar refractivity (Wildman–Crippen MR) is 78.1 cm³/mol. The lowest BCUT2D eigenvalue weighted by Crippen LogP contribution is -1.96. The number of carboxylic acid groups (broad SMARTS) is 1. The molecule has 20 heavy (non-hydrogen) atoms. The van der Waals surface area contributed by atoms with E-state index >= 15 is 0 Å². The monoisotopic (exact) mass is 284 g/mol. The zero-order valence-corrected chi connectivity index (χ0v) is 11.3. The number of carboxylic acids is 1. The third-order valence-electron chi connectivity index (χ3n) is 2.50. The van der Waals surface area contributed by atoms with Crippen LogP contribution in [0.15, 0.2) is 76.5 Å². The van der Waals surface area contributed by atoms with E-state index in [1.54, 1.807) is 23.9 Å². The quantitative estimate of drug-likeness (QED) is 0.672. The van der Waals surface area contributed by atoms with Crippen molar-refractivity contribution in [3.05, 3.63) is 72.3 Å². The van der Waals surface area contributed by atoms with E-state index < -0.39 is 5.97 Å². The van der Waals surface area contributed by atoms with E-state index in [0.717, 1.165) is 21.9 Å². The summed E-state index contributed by atoms with van der Waals surface area (Å²) in [5, 5.41) is 8.48. The highest BCUT2D eigenvalue weighted by molar-refractivity contribution is 7.99. The highest BCUT2D eigenvalue weighted by atomic mass is 32.2. The van der Waals surface area contributed by atoms with Gasteiger partial charge in [0, 0.05) is 21.4 Å². The zero-order chi connectivity index (χ0) is 14.4. The summed E-state index contributed by atoms with van der Waals surface area (Å²) in [5.41, 5.74) is 0.472. The normalized spacial score (nSPS) is 10.6. The van der Waals surface area contributed by atoms with Crippen molar-refractivity contribution in [2.24, 2.45) is 0 Å². The fourth-order valence-corrected chi connectivity index (χ4v) is 2.39. The largest absolute Gasteiger partial charge is 0.478 e. The Morgan fingerprint density at radius 2 is 1.45 bits per heavy atom. The number of benzene rings is 2. The van der Waals surface area contributed by atoms with Gasteiger partial charge in [0.2, 0.25) is 0 Å². The number of carbonyl (C=O) groups is 2.